The molecular weight excluding hydrogens is 178 g/mol. The SMILES string of the molecule is CCN1C(=O)[C@@H]2[C@H](C1=O)[C@H]1C=C[C@H]2C1. The van der Waals surface area contributed by atoms with Crippen molar-refractivity contribution in [3.63, 3.8) is 0 Å². The first kappa shape index (κ1) is 8.21. The molecule has 1 heterocycles. The zero-order chi connectivity index (χ0) is 9.87. The van der Waals surface area contributed by atoms with Crippen molar-refractivity contribution in [2.75, 3.05) is 6.54 Å². The molecule has 2 amide bonds. The van der Waals surface area contributed by atoms with Crippen LogP contribution in [0.1, 0.15) is 13.3 Å². The number of fused-ring (bicyclic) bond motifs is 5. The lowest BCUT2D eigenvalue weighted by molar-refractivity contribution is -0.140. The summed E-state index contributed by atoms with van der Waals surface area (Å²) >= 11 is 0. The molecule has 0 radical (unpaired) electrons. The van der Waals surface area contributed by atoms with E-state index < -0.39 is 0 Å². The number of carbonyl (C=O) groups excluding carboxylic acids is 2. The molecule has 2 bridgehead atoms. The fraction of sp³-hybridized carbons (Fsp3) is 0.636. The van der Waals surface area contributed by atoms with Crippen molar-refractivity contribution in [1.29, 1.82) is 0 Å². The third-order valence-electron chi connectivity index (χ3n) is 3.88. The average molecular weight is 191 g/mol. The van der Waals surface area contributed by atoms with Crippen molar-refractivity contribution in [3.05, 3.63) is 12.2 Å². The van der Waals surface area contributed by atoms with Gasteiger partial charge in [0.05, 0.1) is 11.8 Å². The van der Waals surface area contributed by atoms with E-state index >= 15 is 0 Å². The highest BCUT2D eigenvalue weighted by Crippen LogP contribution is 2.52. The zero-order valence-electron chi connectivity index (χ0n) is 8.14. The molecule has 0 unspecified atom stereocenters. The Hall–Kier alpha value is -1.12. The Labute approximate surface area is 82.8 Å². The highest BCUT2D eigenvalue weighted by molar-refractivity contribution is 6.06. The fourth-order valence-corrected chi connectivity index (χ4v) is 3.28. The highest BCUT2D eigenvalue weighted by atomic mass is 16.2. The summed E-state index contributed by atoms with van der Waals surface area (Å²) in [5, 5.41) is 0. The lowest BCUT2D eigenvalue weighted by atomic mass is 9.85. The van der Waals surface area contributed by atoms with Crippen LogP contribution in [-0.4, -0.2) is 23.3 Å². The van der Waals surface area contributed by atoms with Crippen LogP contribution in [0, 0.1) is 23.7 Å². The molecule has 0 N–H and O–H groups in total. The molecule has 3 heteroatoms. The van der Waals surface area contributed by atoms with Gasteiger partial charge in [0.1, 0.15) is 0 Å². The minimum atomic E-state index is -0.0163. The van der Waals surface area contributed by atoms with Crippen LogP contribution in [0.25, 0.3) is 0 Å². The lowest BCUT2D eigenvalue weighted by Gasteiger charge is -2.14. The van der Waals surface area contributed by atoms with Gasteiger partial charge in [0.2, 0.25) is 11.8 Å². The maximum absolute atomic E-state index is 11.9. The normalized spacial score (nSPS) is 43.9. The molecule has 2 fully saturated rings. The standard InChI is InChI=1S/C11H13NO2/c1-2-12-10(13)8-6-3-4-7(5-6)9(8)11(12)14/h3-4,6-9H,2,5H2,1H3/t6-,7-,8-,9+/m0/s1. The van der Waals surface area contributed by atoms with E-state index in [2.05, 4.69) is 12.2 Å². The average Bonchev–Trinajstić information content (AvgIpc) is 2.80. The van der Waals surface area contributed by atoms with E-state index in [0.717, 1.165) is 6.42 Å². The molecule has 74 valence electrons. The van der Waals surface area contributed by atoms with Crippen molar-refractivity contribution < 1.29 is 9.59 Å². The molecule has 4 atom stereocenters. The van der Waals surface area contributed by atoms with E-state index in [-0.39, 0.29) is 23.7 Å². The number of imide groups is 1. The van der Waals surface area contributed by atoms with Gasteiger partial charge in [-0.05, 0) is 25.2 Å². The molecule has 14 heavy (non-hydrogen) atoms. The number of amides is 2. The van der Waals surface area contributed by atoms with Gasteiger partial charge in [0, 0.05) is 6.54 Å². The van der Waals surface area contributed by atoms with Gasteiger partial charge in [-0.15, -0.1) is 0 Å². The third-order valence-corrected chi connectivity index (χ3v) is 3.88. The van der Waals surface area contributed by atoms with Crippen molar-refractivity contribution in [2.24, 2.45) is 23.7 Å². The second-order valence-electron chi connectivity index (χ2n) is 4.42. The van der Waals surface area contributed by atoms with Crippen LogP contribution in [0.15, 0.2) is 12.2 Å². The van der Waals surface area contributed by atoms with Crippen LogP contribution in [0.2, 0.25) is 0 Å². The largest absolute Gasteiger partial charge is 0.282 e. The molecule has 0 aromatic heterocycles. The van der Waals surface area contributed by atoms with Gasteiger partial charge in [-0.2, -0.15) is 0 Å². The lowest BCUT2D eigenvalue weighted by Crippen LogP contribution is -2.32. The van der Waals surface area contributed by atoms with Crippen LogP contribution in [0.5, 0.6) is 0 Å². The Bertz CT molecular complexity index is 317. The maximum Gasteiger partial charge on any atom is 0.233 e. The van der Waals surface area contributed by atoms with E-state index in [1.807, 2.05) is 6.92 Å². The molecule has 3 aliphatic rings. The quantitative estimate of drug-likeness (QED) is 0.454. The second kappa shape index (κ2) is 2.47. The summed E-state index contributed by atoms with van der Waals surface area (Å²) in [5.74, 6) is 0.796. The van der Waals surface area contributed by atoms with Crippen LogP contribution < -0.4 is 0 Å². The van der Waals surface area contributed by atoms with Crippen LogP contribution in [0.4, 0.5) is 0 Å². The fourth-order valence-electron chi connectivity index (χ4n) is 3.28. The molecule has 3 nitrogen and oxygen atoms in total. The number of hydrogen-bond donors (Lipinski definition) is 0. The summed E-state index contributed by atoms with van der Waals surface area (Å²) in [4.78, 5) is 25.2. The first-order valence-corrected chi connectivity index (χ1v) is 5.27. The number of hydrogen-bond acceptors (Lipinski definition) is 2. The zero-order valence-corrected chi connectivity index (χ0v) is 8.14. The molecule has 1 saturated carbocycles. The maximum atomic E-state index is 11.9. The topological polar surface area (TPSA) is 37.4 Å². The number of rotatable bonds is 1. The molecule has 1 aliphatic heterocycles. The Morgan fingerprint density at radius 3 is 2.14 bits per heavy atom. The van der Waals surface area contributed by atoms with Crippen molar-refractivity contribution in [2.45, 2.75) is 13.3 Å². The third kappa shape index (κ3) is 0.740. The van der Waals surface area contributed by atoms with Crippen LogP contribution in [-0.2, 0) is 9.59 Å². The van der Waals surface area contributed by atoms with Gasteiger partial charge < -0.3 is 0 Å². The molecule has 0 spiro atoms. The Kier molecular flexibility index (Phi) is 1.45. The minimum Gasteiger partial charge on any atom is -0.282 e. The van der Waals surface area contributed by atoms with Gasteiger partial charge in [-0.1, -0.05) is 12.2 Å². The predicted octanol–water partition coefficient (Wildman–Crippen LogP) is 0.813. The Morgan fingerprint density at radius 1 is 1.21 bits per heavy atom. The van der Waals surface area contributed by atoms with Crippen molar-refractivity contribution in [3.8, 4) is 0 Å². The van der Waals surface area contributed by atoms with Crippen molar-refractivity contribution >= 4 is 11.8 Å². The van der Waals surface area contributed by atoms with E-state index in [1.165, 1.54) is 4.90 Å². The van der Waals surface area contributed by atoms with Crippen LogP contribution in [0.3, 0.4) is 0 Å². The second-order valence-corrected chi connectivity index (χ2v) is 4.42. The molecule has 3 rings (SSSR count). The molecule has 0 aromatic rings. The number of nitrogens with zero attached hydrogens (tertiary/aromatic N) is 1. The molecule has 1 saturated heterocycles. The van der Waals surface area contributed by atoms with Gasteiger partial charge >= 0.3 is 0 Å². The smallest absolute Gasteiger partial charge is 0.233 e. The number of likely N-dealkylation sites (tertiary alicyclic amines) is 1. The number of allylic oxidation sites excluding steroid dienone is 2. The summed E-state index contributed by atoms with van der Waals surface area (Å²) in [6.45, 7) is 2.40. The molecular formula is C11H13NO2. The minimum absolute atomic E-state index is 0.0163. The van der Waals surface area contributed by atoms with Gasteiger partial charge in [0.25, 0.3) is 0 Å². The Balaban J connectivity index is 2.02. The predicted molar refractivity (Wildman–Crippen MR) is 50.1 cm³/mol. The van der Waals surface area contributed by atoms with Gasteiger partial charge in [-0.3, -0.25) is 14.5 Å². The first-order valence-electron chi connectivity index (χ1n) is 5.27. The van der Waals surface area contributed by atoms with Crippen LogP contribution >= 0.6 is 0 Å². The van der Waals surface area contributed by atoms with E-state index in [9.17, 15) is 9.59 Å². The Morgan fingerprint density at radius 2 is 1.71 bits per heavy atom. The summed E-state index contributed by atoms with van der Waals surface area (Å²) in [6, 6.07) is 0. The van der Waals surface area contributed by atoms with Gasteiger partial charge in [0.15, 0.2) is 0 Å². The van der Waals surface area contributed by atoms with Gasteiger partial charge in [-0.25, -0.2) is 0 Å². The van der Waals surface area contributed by atoms with E-state index in [4.69, 9.17) is 0 Å². The number of carbonyl (C=O) groups is 2. The first-order chi connectivity index (χ1) is 6.74. The summed E-state index contributed by atoms with van der Waals surface area (Å²) < 4.78 is 0. The summed E-state index contributed by atoms with van der Waals surface area (Å²) in [7, 11) is 0. The monoisotopic (exact) mass is 191 g/mol. The summed E-state index contributed by atoms with van der Waals surface area (Å²) in [6.07, 6.45) is 5.26. The van der Waals surface area contributed by atoms with E-state index in [0.29, 0.717) is 18.4 Å². The van der Waals surface area contributed by atoms with E-state index in [1.54, 1.807) is 0 Å². The molecule has 0 aromatic carbocycles. The molecule has 2 aliphatic carbocycles. The van der Waals surface area contributed by atoms with Crippen molar-refractivity contribution in [1.82, 2.24) is 4.90 Å². The summed E-state index contributed by atoms with van der Waals surface area (Å²) in [5.41, 5.74) is 0. The highest BCUT2D eigenvalue weighted by Gasteiger charge is 2.58.